The predicted octanol–water partition coefficient (Wildman–Crippen LogP) is 3.44. The summed E-state index contributed by atoms with van der Waals surface area (Å²) in [4.78, 5) is 3.75. The number of benzene rings is 1. The molecule has 28 heavy (non-hydrogen) atoms. The van der Waals surface area contributed by atoms with Crippen molar-refractivity contribution in [3.05, 3.63) is 42.7 Å². The second kappa shape index (κ2) is 6.89. The van der Waals surface area contributed by atoms with E-state index in [1.54, 1.807) is 18.5 Å². The van der Waals surface area contributed by atoms with Crippen molar-refractivity contribution in [2.75, 3.05) is 11.9 Å². The number of fused-ring (bicyclic) bond motifs is 2. The molecule has 2 heterocycles. The first kappa shape index (κ1) is 17.2. The molecule has 2 bridgehead atoms. The van der Waals surface area contributed by atoms with Crippen molar-refractivity contribution in [2.45, 2.75) is 38.1 Å². The van der Waals surface area contributed by atoms with Crippen molar-refractivity contribution < 1.29 is 5.11 Å². The molecule has 5 rings (SSSR count). The highest BCUT2D eigenvalue weighted by Crippen LogP contribution is 2.43. The van der Waals surface area contributed by atoms with E-state index >= 15 is 0 Å². The second-order valence-electron chi connectivity index (χ2n) is 8.08. The van der Waals surface area contributed by atoms with Gasteiger partial charge in [-0.2, -0.15) is 15.0 Å². The van der Waals surface area contributed by atoms with Gasteiger partial charge in [0, 0.05) is 24.7 Å². The second-order valence-corrected chi connectivity index (χ2v) is 8.08. The highest BCUT2D eigenvalue weighted by molar-refractivity contribution is 5.68. The molecule has 0 radical (unpaired) electrons. The lowest BCUT2D eigenvalue weighted by Gasteiger charge is -2.35. The summed E-state index contributed by atoms with van der Waals surface area (Å²) in [5.41, 5.74) is 1.99. The van der Waals surface area contributed by atoms with Gasteiger partial charge in [-0.15, -0.1) is 10.2 Å². The lowest BCUT2D eigenvalue weighted by molar-refractivity contribution is 0.312. The third-order valence-corrected chi connectivity index (χ3v) is 6.33. The van der Waals surface area contributed by atoms with Crippen LogP contribution in [0.3, 0.4) is 0 Å². The van der Waals surface area contributed by atoms with Crippen LogP contribution < -0.4 is 4.90 Å². The largest absolute Gasteiger partial charge is 0.507 e. The first-order valence-electron chi connectivity index (χ1n) is 9.94. The van der Waals surface area contributed by atoms with Crippen molar-refractivity contribution in [2.24, 2.45) is 11.8 Å². The molecule has 3 atom stereocenters. The lowest BCUT2D eigenvalue weighted by atomic mass is 9.85. The van der Waals surface area contributed by atoms with E-state index in [-0.39, 0.29) is 5.75 Å². The van der Waals surface area contributed by atoms with E-state index in [1.807, 2.05) is 24.3 Å². The van der Waals surface area contributed by atoms with Gasteiger partial charge in [0.2, 0.25) is 0 Å². The van der Waals surface area contributed by atoms with Gasteiger partial charge in [-0.3, -0.25) is 0 Å². The van der Waals surface area contributed by atoms with Crippen molar-refractivity contribution in [1.29, 1.82) is 0 Å². The smallest absolute Gasteiger partial charge is 0.151 e. The van der Waals surface area contributed by atoms with Gasteiger partial charge in [0.05, 0.1) is 23.8 Å². The monoisotopic (exact) mass is 376 g/mol. The summed E-state index contributed by atoms with van der Waals surface area (Å²) in [5, 5.41) is 27.4. The maximum atomic E-state index is 10.4. The Labute approximate surface area is 164 Å². The number of nitrogens with zero attached hydrogens (tertiary/aromatic N) is 6. The number of aromatic hydroxyl groups is 1. The summed E-state index contributed by atoms with van der Waals surface area (Å²) in [7, 11) is 2.13. The van der Waals surface area contributed by atoms with Gasteiger partial charge < -0.3 is 10.0 Å². The van der Waals surface area contributed by atoms with Crippen LogP contribution in [0.25, 0.3) is 16.9 Å². The SMILES string of the molecule is CN(c1ccc(-c2ccc(-n3nccn3)cc2O)nn1)C1CC2CC[C@@H](C2)C1. The summed E-state index contributed by atoms with van der Waals surface area (Å²) in [6.07, 6.45) is 9.93. The molecule has 0 saturated heterocycles. The van der Waals surface area contributed by atoms with E-state index in [1.165, 1.54) is 36.9 Å². The fourth-order valence-electron chi connectivity index (χ4n) is 4.84. The van der Waals surface area contributed by atoms with Crippen LogP contribution in [-0.2, 0) is 0 Å². The van der Waals surface area contributed by atoms with Gasteiger partial charge in [-0.05, 0) is 55.4 Å². The molecule has 0 amide bonds. The zero-order valence-electron chi connectivity index (χ0n) is 15.9. The van der Waals surface area contributed by atoms with Gasteiger partial charge in [0.15, 0.2) is 5.82 Å². The highest BCUT2D eigenvalue weighted by atomic mass is 16.3. The van der Waals surface area contributed by atoms with Gasteiger partial charge in [0.1, 0.15) is 5.75 Å². The third-order valence-electron chi connectivity index (χ3n) is 6.33. The summed E-state index contributed by atoms with van der Waals surface area (Å²) in [5.74, 6) is 2.80. The number of phenols is 1. The predicted molar refractivity (Wildman–Crippen MR) is 106 cm³/mol. The van der Waals surface area contributed by atoms with Crippen molar-refractivity contribution >= 4 is 5.82 Å². The average molecular weight is 376 g/mol. The van der Waals surface area contributed by atoms with Gasteiger partial charge >= 0.3 is 0 Å². The minimum Gasteiger partial charge on any atom is -0.507 e. The Hall–Kier alpha value is -2.96. The van der Waals surface area contributed by atoms with E-state index < -0.39 is 0 Å². The fourth-order valence-corrected chi connectivity index (χ4v) is 4.84. The minimum atomic E-state index is 0.133. The minimum absolute atomic E-state index is 0.133. The molecular weight excluding hydrogens is 352 g/mol. The molecule has 2 aliphatic rings. The van der Waals surface area contributed by atoms with Crippen LogP contribution in [0.15, 0.2) is 42.7 Å². The Morgan fingerprint density at radius 2 is 1.71 bits per heavy atom. The fraction of sp³-hybridized carbons (Fsp3) is 0.429. The van der Waals surface area contributed by atoms with Gasteiger partial charge in [-0.1, -0.05) is 12.8 Å². The molecule has 0 aliphatic heterocycles. The molecule has 2 unspecified atom stereocenters. The molecule has 7 heteroatoms. The number of anilines is 1. The van der Waals surface area contributed by atoms with Gasteiger partial charge in [0.25, 0.3) is 0 Å². The van der Waals surface area contributed by atoms with Crippen LogP contribution in [0.2, 0.25) is 0 Å². The summed E-state index contributed by atoms with van der Waals surface area (Å²) in [6.45, 7) is 0. The van der Waals surface area contributed by atoms with Crippen LogP contribution in [0.5, 0.6) is 5.75 Å². The number of hydrogen-bond donors (Lipinski definition) is 1. The molecule has 3 aromatic rings. The molecule has 2 aromatic heterocycles. The molecule has 144 valence electrons. The standard InChI is InChI=1S/C21H24N6O/c1-26(17-11-14-2-3-15(10-14)12-17)21-7-6-19(24-25-21)18-5-4-16(13-20(18)28)27-22-8-9-23-27/h4-9,13-15,17,28H,2-3,10-12H2,1H3/t14-,15?,17?/m0/s1. The summed E-state index contributed by atoms with van der Waals surface area (Å²) >= 11 is 0. The molecule has 2 aliphatic carbocycles. The Bertz CT molecular complexity index is 944. The Balaban J connectivity index is 1.35. The van der Waals surface area contributed by atoms with E-state index in [0.29, 0.717) is 23.0 Å². The van der Waals surface area contributed by atoms with E-state index in [2.05, 4.69) is 32.3 Å². The van der Waals surface area contributed by atoms with Gasteiger partial charge in [-0.25, -0.2) is 0 Å². The third kappa shape index (κ3) is 3.10. The van der Waals surface area contributed by atoms with Crippen molar-refractivity contribution in [3.63, 3.8) is 0 Å². The Kier molecular flexibility index (Phi) is 4.22. The first-order valence-corrected chi connectivity index (χ1v) is 9.94. The first-order chi connectivity index (χ1) is 13.7. The topological polar surface area (TPSA) is 80.0 Å². The Morgan fingerprint density at radius 1 is 0.964 bits per heavy atom. The van der Waals surface area contributed by atoms with Crippen LogP contribution in [0, 0.1) is 11.8 Å². The lowest BCUT2D eigenvalue weighted by Crippen LogP contribution is -2.37. The molecular formula is C21H24N6O. The van der Waals surface area contributed by atoms with Crippen LogP contribution >= 0.6 is 0 Å². The number of hydrogen-bond acceptors (Lipinski definition) is 6. The average Bonchev–Trinajstić information content (AvgIpc) is 3.37. The van der Waals surface area contributed by atoms with Crippen LogP contribution in [0.1, 0.15) is 32.1 Å². The van der Waals surface area contributed by atoms with E-state index in [4.69, 9.17) is 0 Å². The zero-order chi connectivity index (χ0) is 19.1. The molecule has 1 N–H and O–H groups in total. The van der Waals surface area contributed by atoms with Crippen molar-refractivity contribution in [3.8, 4) is 22.7 Å². The Morgan fingerprint density at radius 3 is 2.36 bits per heavy atom. The van der Waals surface area contributed by atoms with E-state index in [9.17, 15) is 5.11 Å². The zero-order valence-corrected chi connectivity index (χ0v) is 15.9. The number of rotatable bonds is 4. The molecule has 7 nitrogen and oxygen atoms in total. The van der Waals surface area contributed by atoms with Crippen LogP contribution in [0.4, 0.5) is 5.82 Å². The molecule has 0 spiro atoms. The highest BCUT2D eigenvalue weighted by Gasteiger charge is 2.36. The quantitative estimate of drug-likeness (QED) is 0.751. The van der Waals surface area contributed by atoms with Crippen molar-refractivity contribution in [1.82, 2.24) is 25.2 Å². The maximum Gasteiger partial charge on any atom is 0.151 e. The maximum absolute atomic E-state index is 10.4. The molecule has 2 saturated carbocycles. The molecule has 1 aromatic carbocycles. The normalized spacial score (nSPS) is 23.7. The number of aromatic nitrogens is 5. The summed E-state index contributed by atoms with van der Waals surface area (Å²) < 4.78 is 0. The molecule has 2 fully saturated rings. The summed E-state index contributed by atoms with van der Waals surface area (Å²) in [6, 6.07) is 9.79. The van der Waals surface area contributed by atoms with Crippen LogP contribution in [-0.4, -0.2) is 43.4 Å². The van der Waals surface area contributed by atoms with E-state index in [0.717, 1.165) is 17.7 Å². The number of phenolic OH excluding ortho intramolecular Hbond substituents is 1.